The van der Waals surface area contributed by atoms with Crippen LogP contribution in [0.4, 0.5) is 0 Å². The number of rotatable bonds is 10. The lowest BCUT2D eigenvalue weighted by Gasteiger charge is -2.20. The second-order valence-corrected chi connectivity index (χ2v) is 11.0. The summed E-state index contributed by atoms with van der Waals surface area (Å²) >= 11 is 1.68. The Morgan fingerprint density at radius 3 is 2.74 bits per heavy atom. The van der Waals surface area contributed by atoms with E-state index in [1.54, 1.807) is 25.1 Å². The quantitative estimate of drug-likeness (QED) is 0.331. The first-order chi connectivity index (χ1) is 18.4. The summed E-state index contributed by atoms with van der Waals surface area (Å²) in [5, 5.41) is 9.16. The summed E-state index contributed by atoms with van der Waals surface area (Å²) in [7, 11) is 1.70. The largest absolute Gasteiger partial charge is 0.493 e. The minimum atomic E-state index is -0.776. The molecule has 1 unspecified atom stereocenters. The van der Waals surface area contributed by atoms with Gasteiger partial charge in [-0.05, 0) is 72.2 Å². The Labute approximate surface area is 229 Å². The van der Waals surface area contributed by atoms with Crippen molar-refractivity contribution in [2.75, 3.05) is 26.1 Å². The molecule has 1 N–H and O–H groups in total. The lowest BCUT2D eigenvalue weighted by atomic mass is 9.89. The van der Waals surface area contributed by atoms with E-state index in [0.29, 0.717) is 19.1 Å². The minimum Gasteiger partial charge on any atom is -0.493 e. The number of hydrogen-bond acceptors (Lipinski definition) is 6. The second kappa shape index (κ2) is 13.2. The number of pyridine rings is 1. The number of carboxylic acid groups (broad SMARTS) is 1. The van der Waals surface area contributed by atoms with E-state index >= 15 is 0 Å². The number of nitrogens with zero attached hydrogens (tertiary/aromatic N) is 1. The molecular formula is C31H37NO5S. The summed E-state index contributed by atoms with van der Waals surface area (Å²) in [6.45, 7) is 10.0. The van der Waals surface area contributed by atoms with Crippen LogP contribution in [-0.2, 0) is 9.53 Å². The van der Waals surface area contributed by atoms with Crippen molar-refractivity contribution in [3.8, 4) is 11.6 Å². The molecule has 0 bridgehead atoms. The highest BCUT2D eigenvalue weighted by molar-refractivity contribution is 7.99. The van der Waals surface area contributed by atoms with Crippen molar-refractivity contribution in [2.45, 2.75) is 62.9 Å². The molecule has 4 rings (SSSR count). The van der Waals surface area contributed by atoms with Gasteiger partial charge in [-0.25, -0.2) is 4.98 Å². The van der Waals surface area contributed by atoms with Crippen molar-refractivity contribution in [1.82, 2.24) is 4.98 Å². The number of ether oxygens (including phenoxy) is 3. The summed E-state index contributed by atoms with van der Waals surface area (Å²) in [5.41, 5.74) is 6.79. The smallest absolute Gasteiger partial charge is 0.303 e. The lowest BCUT2D eigenvalue weighted by molar-refractivity contribution is -0.137. The van der Waals surface area contributed by atoms with Crippen LogP contribution in [0.25, 0.3) is 5.57 Å². The van der Waals surface area contributed by atoms with Crippen LogP contribution in [0.2, 0.25) is 0 Å². The van der Waals surface area contributed by atoms with Gasteiger partial charge in [0, 0.05) is 55.4 Å². The maximum atomic E-state index is 11.2. The Morgan fingerprint density at radius 2 is 2.00 bits per heavy atom. The molecule has 0 radical (unpaired) electrons. The molecule has 1 aliphatic heterocycles. The monoisotopic (exact) mass is 535 g/mol. The number of aromatic nitrogens is 1. The molecule has 0 saturated heterocycles. The summed E-state index contributed by atoms with van der Waals surface area (Å²) in [6, 6.07) is 6.16. The van der Waals surface area contributed by atoms with E-state index in [2.05, 4.69) is 55.8 Å². The number of benzene rings is 1. The van der Waals surface area contributed by atoms with Gasteiger partial charge in [-0.15, -0.1) is 11.8 Å². The molecule has 2 heterocycles. The number of thioether (sulfide) groups is 1. The van der Waals surface area contributed by atoms with E-state index in [1.165, 1.54) is 16.7 Å². The van der Waals surface area contributed by atoms with E-state index in [1.807, 2.05) is 6.07 Å². The summed E-state index contributed by atoms with van der Waals surface area (Å²) in [4.78, 5) is 16.7. The Bertz CT molecular complexity index is 1210. The van der Waals surface area contributed by atoms with Crippen molar-refractivity contribution < 1.29 is 24.1 Å². The molecule has 38 heavy (non-hydrogen) atoms. The van der Waals surface area contributed by atoms with Gasteiger partial charge in [-0.2, -0.15) is 0 Å². The van der Waals surface area contributed by atoms with Crippen molar-refractivity contribution in [2.24, 2.45) is 0 Å². The highest BCUT2D eigenvalue weighted by atomic mass is 32.2. The van der Waals surface area contributed by atoms with Crippen LogP contribution in [0.3, 0.4) is 0 Å². The van der Waals surface area contributed by atoms with Crippen LogP contribution in [0.15, 0.2) is 59.7 Å². The molecule has 202 valence electrons. The van der Waals surface area contributed by atoms with E-state index in [-0.39, 0.29) is 18.4 Å². The highest BCUT2D eigenvalue weighted by Crippen LogP contribution is 2.42. The van der Waals surface area contributed by atoms with Gasteiger partial charge in [0.15, 0.2) is 0 Å². The number of carbonyl (C=O) groups is 1. The highest BCUT2D eigenvalue weighted by Gasteiger charge is 2.27. The molecule has 0 fully saturated rings. The number of methoxy groups -OCH3 is 1. The van der Waals surface area contributed by atoms with Crippen LogP contribution < -0.4 is 9.47 Å². The zero-order valence-electron chi connectivity index (χ0n) is 22.5. The van der Waals surface area contributed by atoms with Gasteiger partial charge in [-0.1, -0.05) is 24.8 Å². The fourth-order valence-electron chi connectivity index (χ4n) is 5.05. The van der Waals surface area contributed by atoms with E-state index in [9.17, 15) is 4.79 Å². The normalized spacial score (nSPS) is 20.1. The summed E-state index contributed by atoms with van der Waals surface area (Å²) < 4.78 is 17.4. The van der Waals surface area contributed by atoms with E-state index < -0.39 is 5.97 Å². The number of aryl methyl sites for hydroxylation is 2. The molecule has 0 spiro atoms. The maximum absolute atomic E-state index is 11.2. The third-order valence-electron chi connectivity index (χ3n) is 6.94. The third-order valence-corrected chi connectivity index (χ3v) is 8.18. The van der Waals surface area contributed by atoms with E-state index in [4.69, 9.17) is 19.3 Å². The van der Waals surface area contributed by atoms with Crippen LogP contribution in [0, 0.1) is 13.8 Å². The summed E-state index contributed by atoms with van der Waals surface area (Å²) in [6.07, 6.45) is 11.6. The third kappa shape index (κ3) is 7.08. The molecule has 0 amide bonds. The van der Waals surface area contributed by atoms with E-state index in [0.717, 1.165) is 58.8 Å². The Hall–Kier alpha value is -3.03. The molecule has 0 saturated carbocycles. The van der Waals surface area contributed by atoms with Crippen molar-refractivity contribution >= 4 is 23.3 Å². The van der Waals surface area contributed by atoms with Gasteiger partial charge in [0.05, 0.1) is 13.0 Å². The predicted molar refractivity (Wildman–Crippen MR) is 152 cm³/mol. The molecule has 6 nitrogen and oxygen atoms in total. The number of fused-ring (bicyclic) bond motifs is 1. The fourth-order valence-corrected chi connectivity index (χ4v) is 6.30. The summed E-state index contributed by atoms with van der Waals surface area (Å²) in [5.74, 6) is 1.48. The number of allylic oxidation sites excluding steroid dienone is 4. The zero-order valence-corrected chi connectivity index (χ0v) is 23.3. The van der Waals surface area contributed by atoms with Gasteiger partial charge < -0.3 is 19.3 Å². The molecule has 2 aromatic rings. The van der Waals surface area contributed by atoms with Crippen molar-refractivity contribution in [1.29, 1.82) is 0 Å². The molecule has 1 aliphatic carbocycles. The molecular weight excluding hydrogens is 498 g/mol. The Balaban J connectivity index is 1.41. The average molecular weight is 536 g/mol. The first-order valence-electron chi connectivity index (χ1n) is 13.1. The topological polar surface area (TPSA) is 77.9 Å². The van der Waals surface area contributed by atoms with Gasteiger partial charge >= 0.3 is 5.97 Å². The van der Waals surface area contributed by atoms with Crippen LogP contribution in [0.5, 0.6) is 11.6 Å². The van der Waals surface area contributed by atoms with Crippen LogP contribution in [0.1, 0.15) is 60.3 Å². The fraction of sp³-hybridized carbons (Fsp3) is 0.419. The Morgan fingerprint density at radius 1 is 1.21 bits per heavy atom. The number of carboxylic acids is 1. The van der Waals surface area contributed by atoms with Crippen LogP contribution in [-0.4, -0.2) is 48.2 Å². The molecule has 2 aliphatic rings. The van der Waals surface area contributed by atoms with Crippen molar-refractivity contribution in [3.63, 3.8) is 0 Å². The Kier molecular flexibility index (Phi) is 9.69. The predicted octanol–water partition coefficient (Wildman–Crippen LogP) is 6.91. The van der Waals surface area contributed by atoms with Crippen molar-refractivity contribution in [3.05, 3.63) is 77.0 Å². The van der Waals surface area contributed by atoms with Crippen LogP contribution >= 0.6 is 11.8 Å². The minimum absolute atomic E-state index is 0.0120. The number of aliphatic carboxylic acids is 1. The zero-order chi connectivity index (χ0) is 27.1. The van der Waals surface area contributed by atoms with Gasteiger partial charge in [0.25, 0.3) is 0 Å². The van der Waals surface area contributed by atoms with Gasteiger partial charge in [0.1, 0.15) is 11.9 Å². The first-order valence-corrected chi connectivity index (χ1v) is 14.1. The molecule has 1 aromatic carbocycles. The van der Waals surface area contributed by atoms with Gasteiger partial charge in [0.2, 0.25) is 5.88 Å². The lowest BCUT2D eigenvalue weighted by Crippen LogP contribution is -2.17. The molecule has 7 heteroatoms. The maximum Gasteiger partial charge on any atom is 0.303 e. The average Bonchev–Trinajstić information content (AvgIpc) is 3.29. The second-order valence-electron chi connectivity index (χ2n) is 9.92. The first kappa shape index (κ1) is 28.0. The number of hydrogen-bond donors (Lipinski definition) is 1. The molecule has 2 atom stereocenters. The van der Waals surface area contributed by atoms with Gasteiger partial charge in [-0.3, -0.25) is 4.79 Å². The standard InChI is InChI=1S/C31H37NO5S/c1-20-10-11-24(37-29-17-28-27(18-32-29)23(19-38-28)16-30(33)34)8-5-6-9-26(20)31-21(2)14-25(15-22(31)3)36-13-7-12-35-4/h5-6,9,14-15,17-18,23-24H,1,7-8,10-13,16,19H2,2-4H3,(H,33,34)/b6-5-,26-9?/t23-,24?/m1/s1. The SMILES string of the molecule is C=C1CCC(Oc2cc3c(cn2)[C@H](CC(=O)O)CS3)C/C=C\C=C1c1c(C)cc(OCCCOC)cc1C. The molecule has 1 aromatic heterocycles.